The molecular weight excluding hydrogens is 486 g/mol. The highest BCUT2D eigenvalue weighted by atomic mass is 16.5. The number of ketones is 1. The van der Waals surface area contributed by atoms with Gasteiger partial charge < -0.3 is 24.4 Å². The number of hydrogen-bond acceptors (Lipinski definition) is 7. The van der Waals surface area contributed by atoms with E-state index in [1.807, 2.05) is 27.7 Å². The average Bonchev–Trinajstić information content (AvgIpc) is 3.15. The maximum atomic E-state index is 13.4. The number of rotatable bonds is 9. The van der Waals surface area contributed by atoms with Gasteiger partial charge in [-0.1, -0.05) is 12.1 Å². The molecule has 1 amide bonds. The third-order valence-electron chi connectivity index (χ3n) is 5.96. The second kappa shape index (κ2) is 11.3. The van der Waals surface area contributed by atoms with Crippen LogP contribution < -0.4 is 19.1 Å². The van der Waals surface area contributed by atoms with Crippen molar-refractivity contribution >= 4 is 23.1 Å². The van der Waals surface area contributed by atoms with Crippen LogP contribution in [0.1, 0.15) is 44.9 Å². The second-order valence-corrected chi connectivity index (χ2v) is 8.95. The number of phenolic OH excluding ortho intramolecular Hbond substituents is 1. The number of carbonyl (C=O) groups excluding carboxylic acids is 2. The number of Topliss-reactive ketones (excluding diaryl/α,β-unsaturated/α-hetero) is 1. The van der Waals surface area contributed by atoms with Crippen molar-refractivity contribution in [3.05, 3.63) is 83.4 Å². The fraction of sp³-hybridized carbons (Fsp3) is 0.267. The molecule has 1 fully saturated rings. The van der Waals surface area contributed by atoms with Crippen LogP contribution in [0.3, 0.4) is 0 Å². The third-order valence-corrected chi connectivity index (χ3v) is 5.96. The SMILES string of the molecule is CCOc1ccc(N2C(=O)C(=O)/C(=C(/O)c3ccc(OC(C)C)cc3)C2c2ccc(O)cc2)cc1OCC. The van der Waals surface area contributed by atoms with E-state index in [0.717, 1.165) is 0 Å². The lowest BCUT2D eigenvalue weighted by Gasteiger charge is -2.26. The molecule has 2 N–H and O–H groups in total. The van der Waals surface area contributed by atoms with Crippen LogP contribution in [0.2, 0.25) is 0 Å². The molecule has 3 aromatic carbocycles. The fourth-order valence-corrected chi connectivity index (χ4v) is 4.38. The van der Waals surface area contributed by atoms with Crippen LogP contribution in [0.5, 0.6) is 23.0 Å². The van der Waals surface area contributed by atoms with E-state index in [4.69, 9.17) is 14.2 Å². The second-order valence-electron chi connectivity index (χ2n) is 8.95. The van der Waals surface area contributed by atoms with Crippen molar-refractivity contribution in [3.8, 4) is 23.0 Å². The Morgan fingerprint density at radius 1 is 0.895 bits per heavy atom. The highest BCUT2D eigenvalue weighted by Gasteiger charge is 2.47. The first kappa shape index (κ1) is 26.6. The molecule has 38 heavy (non-hydrogen) atoms. The van der Waals surface area contributed by atoms with Gasteiger partial charge in [-0.2, -0.15) is 0 Å². The van der Waals surface area contributed by atoms with E-state index in [1.165, 1.54) is 17.0 Å². The number of hydrogen-bond donors (Lipinski definition) is 2. The van der Waals surface area contributed by atoms with Gasteiger partial charge in [0.15, 0.2) is 11.5 Å². The number of aliphatic hydroxyl groups is 1. The molecule has 0 saturated carbocycles. The van der Waals surface area contributed by atoms with Gasteiger partial charge in [0.2, 0.25) is 0 Å². The van der Waals surface area contributed by atoms with E-state index in [-0.39, 0.29) is 23.2 Å². The average molecular weight is 518 g/mol. The largest absolute Gasteiger partial charge is 0.508 e. The van der Waals surface area contributed by atoms with Crippen molar-refractivity contribution in [2.24, 2.45) is 0 Å². The summed E-state index contributed by atoms with van der Waals surface area (Å²) in [4.78, 5) is 28.2. The molecule has 8 heteroatoms. The molecule has 1 saturated heterocycles. The van der Waals surface area contributed by atoms with Crippen LogP contribution in [0.15, 0.2) is 72.3 Å². The van der Waals surface area contributed by atoms with Gasteiger partial charge in [0.25, 0.3) is 11.7 Å². The van der Waals surface area contributed by atoms with Gasteiger partial charge in [0.1, 0.15) is 17.3 Å². The smallest absolute Gasteiger partial charge is 0.300 e. The first-order valence-corrected chi connectivity index (χ1v) is 12.5. The number of amides is 1. The summed E-state index contributed by atoms with van der Waals surface area (Å²) in [6.45, 7) is 8.31. The zero-order valence-corrected chi connectivity index (χ0v) is 21.8. The molecule has 4 rings (SSSR count). The topological polar surface area (TPSA) is 106 Å². The van der Waals surface area contributed by atoms with Crippen molar-refractivity contribution in [2.45, 2.75) is 39.8 Å². The molecule has 1 heterocycles. The van der Waals surface area contributed by atoms with Crippen molar-refractivity contribution in [1.82, 2.24) is 0 Å². The number of phenols is 1. The summed E-state index contributed by atoms with van der Waals surface area (Å²) in [6.07, 6.45) is -0.0232. The summed E-state index contributed by atoms with van der Waals surface area (Å²) in [5.74, 6) is -0.337. The van der Waals surface area contributed by atoms with Crippen LogP contribution in [0.4, 0.5) is 5.69 Å². The Hall–Kier alpha value is -4.46. The molecule has 0 spiro atoms. The highest BCUT2D eigenvalue weighted by molar-refractivity contribution is 6.51. The van der Waals surface area contributed by atoms with E-state index >= 15 is 0 Å². The monoisotopic (exact) mass is 517 g/mol. The lowest BCUT2D eigenvalue weighted by molar-refractivity contribution is -0.132. The quantitative estimate of drug-likeness (QED) is 0.216. The van der Waals surface area contributed by atoms with E-state index in [2.05, 4.69) is 0 Å². The minimum absolute atomic E-state index is 0.0232. The molecule has 3 aromatic rings. The molecule has 0 aromatic heterocycles. The van der Waals surface area contributed by atoms with Crippen molar-refractivity contribution in [3.63, 3.8) is 0 Å². The van der Waals surface area contributed by atoms with E-state index in [0.29, 0.717) is 47.3 Å². The maximum absolute atomic E-state index is 13.4. The molecule has 1 aliphatic rings. The Morgan fingerprint density at radius 3 is 2.13 bits per heavy atom. The number of benzene rings is 3. The summed E-state index contributed by atoms with van der Waals surface area (Å²) in [6, 6.07) is 16.9. The van der Waals surface area contributed by atoms with Gasteiger partial charge in [0.05, 0.1) is 30.9 Å². The summed E-state index contributed by atoms with van der Waals surface area (Å²) in [5.41, 5.74) is 1.24. The van der Waals surface area contributed by atoms with Gasteiger partial charge in [0, 0.05) is 17.3 Å². The zero-order chi connectivity index (χ0) is 27.4. The molecule has 1 aliphatic heterocycles. The minimum Gasteiger partial charge on any atom is -0.508 e. The van der Waals surface area contributed by atoms with Crippen molar-refractivity contribution in [1.29, 1.82) is 0 Å². The standard InChI is InChI=1S/C30H31NO7/c1-5-36-24-16-11-21(17-25(24)37-6-2)31-27(19-7-12-22(32)13-8-19)26(29(34)30(31)35)28(33)20-9-14-23(15-10-20)38-18(3)4/h7-18,27,32-33H,5-6H2,1-4H3/b28-26+. The van der Waals surface area contributed by atoms with Crippen LogP contribution >= 0.6 is 0 Å². The lowest BCUT2D eigenvalue weighted by Crippen LogP contribution is -2.29. The number of anilines is 1. The van der Waals surface area contributed by atoms with E-state index in [9.17, 15) is 19.8 Å². The van der Waals surface area contributed by atoms with Gasteiger partial charge in [-0.05, 0) is 81.8 Å². The Bertz CT molecular complexity index is 1340. The molecule has 1 atom stereocenters. The predicted molar refractivity (Wildman–Crippen MR) is 144 cm³/mol. The predicted octanol–water partition coefficient (Wildman–Crippen LogP) is 5.60. The zero-order valence-electron chi connectivity index (χ0n) is 21.8. The van der Waals surface area contributed by atoms with Crippen LogP contribution in [-0.2, 0) is 9.59 Å². The first-order valence-electron chi connectivity index (χ1n) is 12.5. The molecule has 8 nitrogen and oxygen atoms in total. The van der Waals surface area contributed by atoms with Crippen molar-refractivity contribution < 1.29 is 34.0 Å². The molecule has 0 aliphatic carbocycles. The van der Waals surface area contributed by atoms with E-state index < -0.39 is 17.7 Å². The Kier molecular flexibility index (Phi) is 7.90. The van der Waals surface area contributed by atoms with Crippen LogP contribution in [0, 0.1) is 0 Å². The molecule has 1 unspecified atom stereocenters. The van der Waals surface area contributed by atoms with Crippen LogP contribution in [0.25, 0.3) is 5.76 Å². The lowest BCUT2D eigenvalue weighted by atomic mass is 9.95. The normalized spacial score (nSPS) is 16.7. The number of ether oxygens (including phenoxy) is 3. The molecular formula is C30H31NO7. The van der Waals surface area contributed by atoms with Gasteiger partial charge >= 0.3 is 0 Å². The van der Waals surface area contributed by atoms with E-state index in [1.54, 1.807) is 54.6 Å². The Morgan fingerprint density at radius 2 is 1.53 bits per heavy atom. The summed E-state index contributed by atoms with van der Waals surface area (Å²) < 4.78 is 17.1. The van der Waals surface area contributed by atoms with Gasteiger partial charge in [-0.25, -0.2) is 0 Å². The highest BCUT2D eigenvalue weighted by Crippen LogP contribution is 2.44. The molecule has 0 radical (unpaired) electrons. The number of aliphatic hydroxyl groups excluding tert-OH is 1. The molecule has 0 bridgehead atoms. The van der Waals surface area contributed by atoms with Crippen molar-refractivity contribution in [2.75, 3.05) is 18.1 Å². The number of nitrogens with zero attached hydrogens (tertiary/aromatic N) is 1. The first-order chi connectivity index (χ1) is 18.2. The summed E-state index contributed by atoms with van der Waals surface area (Å²) in [5, 5.41) is 21.2. The summed E-state index contributed by atoms with van der Waals surface area (Å²) in [7, 11) is 0. The fourth-order valence-electron chi connectivity index (χ4n) is 4.38. The van der Waals surface area contributed by atoms with Gasteiger partial charge in [-0.3, -0.25) is 14.5 Å². The Balaban J connectivity index is 1.86. The minimum atomic E-state index is -0.949. The Labute approximate surface area is 221 Å². The van der Waals surface area contributed by atoms with Crippen LogP contribution in [-0.4, -0.2) is 41.2 Å². The number of aromatic hydroxyl groups is 1. The summed E-state index contributed by atoms with van der Waals surface area (Å²) >= 11 is 0. The number of carbonyl (C=O) groups is 2. The molecule has 198 valence electrons. The third kappa shape index (κ3) is 5.29. The van der Waals surface area contributed by atoms with Gasteiger partial charge in [-0.15, -0.1) is 0 Å². The maximum Gasteiger partial charge on any atom is 0.300 e.